The van der Waals surface area contributed by atoms with Gasteiger partial charge < -0.3 is 20.7 Å². The van der Waals surface area contributed by atoms with Gasteiger partial charge in [0.2, 0.25) is 0 Å². The number of rotatable bonds is 11. The molecule has 9 heteroatoms. The molecular weight excluding hydrogens is 540 g/mol. The molecule has 0 radical (unpaired) electrons. The zero-order valence-electron chi connectivity index (χ0n) is 25.2. The van der Waals surface area contributed by atoms with Crippen molar-refractivity contribution < 1.29 is 14.3 Å². The first-order chi connectivity index (χ1) is 20.9. The van der Waals surface area contributed by atoms with E-state index in [0.717, 1.165) is 77.3 Å². The van der Waals surface area contributed by atoms with Crippen LogP contribution in [0.5, 0.6) is 0 Å². The second-order valence-corrected chi connectivity index (χ2v) is 10.9. The molecule has 0 unspecified atom stereocenters. The number of carbonyl (C=O) groups excluding carboxylic acids is 2. The van der Waals surface area contributed by atoms with Crippen molar-refractivity contribution in [1.29, 1.82) is 0 Å². The van der Waals surface area contributed by atoms with Crippen molar-refractivity contribution in [2.45, 2.75) is 65.7 Å². The van der Waals surface area contributed by atoms with E-state index in [-0.39, 0.29) is 17.9 Å². The molecule has 4 aromatic rings. The number of carbonyl (C=O) groups is 2. The van der Waals surface area contributed by atoms with E-state index < -0.39 is 0 Å². The maximum atomic E-state index is 13.4. The Balaban J connectivity index is 1.33. The Morgan fingerprint density at radius 3 is 2.44 bits per heavy atom. The van der Waals surface area contributed by atoms with E-state index in [2.05, 4.69) is 41.5 Å². The molecule has 1 fully saturated rings. The third kappa shape index (κ3) is 6.94. The summed E-state index contributed by atoms with van der Waals surface area (Å²) in [5.74, 6) is -0.498. The largest absolute Gasteiger partial charge is 0.381 e. The van der Waals surface area contributed by atoms with Crippen LogP contribution >= 0.6 is 0 Å². The first-order valence-corrected chi connectivity index (χ1v) is 15.0. The summed E-state index contributed by atoms with van der Waals surface area (Å²) in [7, 11) is 0. The van der Waals surface area contributed by atoms with Gasteiger partial charge >= 0.3 is 0 Å². The van der Waals surface area contributed by atoms with Gasteiger partial charge in [0.15, 0.2) is 5.65 Å². The van der Waals surface area contributed by atoms with Gasteiger partial charge in [0, 0.05) is 61.3 Å². The summed E-state index contributed by atoms with van der Waals surface area (Å²) >= 11 is 0. The molecule has 1 aliphatic heterocycles. The van der Waals surface area contributed by atoms with Gasteiger partial charge in [-0.2, -0.15) is 5.10 Å². The maximum Gasteiger partial charge on any atom is 0.251 e. The minimum Gasteiger partial charge on any atom is -0.381 e. The van der Waals surface area contributed by atoms with Crippen LogP contribution < -0.4 is 16.0 Å². The highest BCUT2D eigenvalue weighted by Gasteiger charge is 2.22. The Labute approximate surface area is 252 Å². The Kier molecular flexibility index (Phi) is 9.51. The summed E-state index contributed by atoms with van der Waals surface area (Å²) in [6.45, 7) is 12.8. The van der Waals surface area contributed by atoms with Gasteiger partial charge in [-0.3, -0.25) is 9.59 Å². The van der Waals surface area contributed by atoms with Crippen LogP contribution in [0, 0.1) is 6.92 Å². The second kappa shape index (κ2) is 13.6. The van der Waals surface area contributed by atoms with Crippen molar-refractivity contribution >= 4 is 34.6 Å². The topological polar surface area (TPSA) is 110 Å². The molecule has 0 atom stereocenters. The Morgan fingerprint density at radius 2 is 1.77 bits per heavy atom. The number of hydrogen-bond acceptors (Lipinski definition) is 6. The third-order valence-corrected chi connectivity index (χ3v) is 7.84. The zero-order valence-corrected chi connectivity index (χ0v) is 25.2. The Hall–Kier alpha value is -4.50. The summed E-state index contributed by atoms with van der Waals surface area (Å²) < 4.78 is 7.47. The van der Waals surface area contributed by atoms with Crippen LogP contribution in [0.25, 0.3) is 17.1 Å². The van der Waals surface area contributed by atoms with E-state index in [4.69, 9.17) is 9.72 Å². The van der Waals surface area contributed by atoms with E-state index >= 15 is 0 Å². The number of pyridine rings is 1. The molecule has 3 N–H and O–H groups in total. The molecular formula is C34H40N6O3. The first kappa shape index (κ1) is 30.0. The lowest BCUT2D eigenvalue weighted by Crippen LogP contribution is -2.30. The zero-order chi connectivity index (χ0) is 30.3. The van der Waals surface area contributed by atoms with E-state index in [1.807, 2.05) is 36.0 Å². The van der Waals surface area contributed by atoms with Crippen molar-refractivity contribution in [3.05, 3.63) is 94.3 Å². The molecule has 1 saturated heterocycles. The first-order valence-electron chi connectivity index (χ1n) is 15.0. The van der Waals surface area contributed by atoms with Gasteiger partial charge in [0.25, 0.3) is 11.8 Å². The predicted molar refractivity (Wildman–Crippen MR) is 170 cm³/mol. The monoisotopic (exact) mass is 580 g/mol. The molecule has 1 aliphatic rings. The van der Waals surface area contributed by atoms with Crippen LogP contribution in [-0.2, 0) is 30.8 Å². The molecule has 3 heterocycles. The van der Waals surface area contributed by atoms with Crippen LogP contribution in [0.1, 0.15) is 75.4 Å². The van der Waals surface area contributed by atoms with E-state index in [0.29, 0.717) is 30.6 Å². The summed E-state index contributed by atoms with van der Waals surface area (Å²) in [5.41, 5.74) is 7.63. The predicted octanol–water partition coefficient (Wildman–Crippen LogP) is 5.42. The van der Waals surface area contributed by atoms with E-state index in [9.17, 15) is 9.59 Å². The van der Waals surface area contributed by atoms with E-state index in [1.165, 1.54) is 0 Å². The van der Waals surface area contributed by atoms with Crippen molar-refractivity contribution in [2.24, 2.45) is 0 Å². The van der Waals surface area contributed by atoms with Crippen LogP contribution in [0.4, 0.5) is 5.69 Å². The molecule has 0 aliphatic carbocycles. The standard InChI is InChI=1S/C34H40N6O3/c1-5-23-15-22(4)16-24(17-23)19-35-33(41)25-9-8-10-26(18-25)34(42)36-20-28-30(6-2)39-32-29(21-37-40(32)7-3)31(28)38-27-11-13-43-14-12-27/h5,8-10,15-18,21,27H,1,6-7,11-14,19-20H2,2-4H3,(H,35,41)(H,36,42)(H,38,39). The average molecular weight is 581 g/mol. The summed E-state index contributed by atoms with van der Waals surface area (Å²) in [6, 6.07) is 13.1. The molecule has 2 aromatic carbocycles. The minimum atomic E-state index is -0.257. The van der Waals surface area contributed by atoms with Crippen molar-refractivity contribution in [2.75, 3.05) is 18.5 Å². The highest BCUT2D eigenvalue weighted by molar-refractivity contribution is 6.00. The molecule has 5 rings (SSSR count). The van der Waals surface area contributed by atoms with Gasteiger partial charge in [0.05, 0.1) is 17.3 Å². The molecule has 0 spiro atoms. The number of aryl methyl sites for hydroxylation is 3. The van der Waals surface area contributed by atoms with E-state index in [1.54, 1.807) is 30.3 Å². The summed E-state index contributed by atoms with van der Waals surface area (Å²) in [5, 5.41) is 15.3. The smallest absolute Gasteiger partial charge is 0.251 e. The fraction of sp³-hybridized carbons (Fsp3) is 0.353. The number of aromatic nitrogens is 3. The lowest BCUT2D eigenvalue weighted by atomic mass is 10.0. The van der Waals surface area contributed by atoms with Crippen LogP contribution in [0.3, 0.4) is 0 Å². The number of fused-ring (bicyclic) bond motifs is 1. The Morgan fingerprint density at radius 1 is 1.05 bits per heavy atom. The fourth-order valence-electron chi connectivity index (χ4n) is 5.57. The number of nitrogens with zero attached hydrogens (tertiary/aromatic N) is 3. The quantitative estimate of drug-likeness (QED) is 0.219. The van der Waals surface area contributed by atoms with Crippen LogP contribution in [0.15, 0.2) is 55.2 Å². The van der Waals surface area contributed by atoms with Crippen LogP contribution in [-0.4, -0.2) is 45.8 Å². The molecule has 2 aromatic heterocycles. The lowest BCUT2D eigenvalue weighted by molar-refractivity contribution is 0.0904. The van der Waals surface area contributed by atoms with Crippen molar-refractivity contribution in [1.82, 2.24) is 25.4 Å². The van der Waals surface area contributed by atoms with Gasteiger partial charge in [0.1, 0.15) is 0 Å². The number of amides is 2. The molecule has 224 valence electrons. The molecule has 2 amide bonds. The summed E-state index contributed by atoms with van der Waals surface area (Å²) in [4.78, 5) is 31.3. The molecule has 0 bridgehead atoms. The van der Waals surface area contributed by atoms with Gasteiger partial charge in [-0.15, -0.1) is 0 Å². The number of hydrogen-bond donors (Lipinski definition) is 3. The van der Waals surface area contributed by atoms with Gasteiger partial charge in [-0.25, -0.2) is 9.67 Å². The lowest BCUT2D eigenvalue weighted by Gasteiger charge is -2.26. The third-order valence-electron chi connectivity index (χ3n) is 7.84. The van der Waals surface area contributed by atoms with Crippen LogP contribution in [0.2, 0.25) is 0 Å². The van der Waals surface area contributed by atoms with Crippen molar-refractivity contribution in [3.63, 3.8) is 0 Å². The molecule has 9 nitrogen and oxygen atoms in total. The summed E-state index contributed by atoms with van der Waals surface area (Å²) in [6.07, 6.45) is 6.18. The average Bonchev–Trinajstić information content (AvgIpc) is 3.45. The highest BCUT2D eigenvalue weighted by atomic mass is 16.5. The number of anilines is 1. The minimum absolute atomic E-state index is 0.241. The fourth-order valence-corrected chi connectivity index (χ4v) is 5.57. The number of benzene rings is 2. The van der Waals surface area contributed by atoms with Gasteiger partial charge in [-0.1, -0.05) is 43.3 Å². The molecule has 0 saturated carbocycles. The highest BCUT2D eigenvalue weighted by Crippen LogP contribution is 2.31. The number of nitrogens with one attached hydrogen (secondary N) is 3. The maximum absolute atomic E-state index is 13.4. The molecule has 43 heavy (non-hydrogen) atoms. The van der Waals surface area contributed by atoms with Crippen molar-refractivity contribution in [3.8, 4) is 0 Å². The number of ether oxygens (including phenoxy) is 1. The van der Waals surface area contributed by atoms with Gasteiger partial charge in [-0.05, 0) is 68.5 Å². The normalized spacial score (nSPS) is 13.6. The SMILES string of the molecule is C=Cc1cc(C)cc(CNC(=O)c2cccc(C(=O)NCc3c(CC)nc4c(cnn4CC)c3NC3CCOCC3)c2)c1. The Bertz CT molecular complexity index is 1640. The second-order valence-electron chi connectivity index (χ2n) is 10.9.